The Balaban J connectivity index is 1.48. The summed E-state index contributed by atoms with van der Waals surface area (Å²) in [5.74, 6) is 0.787. The van der Waals surface area contributed by atoms with Crippen LogP contribution < -0.4 is 19.5 Å². The van der Waals surface area contributed by atoms with Crippen molar-refractivity contribution in [2.45, 2.75) is 17.9 Å². The molecule has 0 aliphatic carbocycles. The van der Waals surface area contributed by atoms with Crippen LogP contribution in [0.2, 0.25) is 0 Å². The van der Waals surface area contributed by atoms with Gasteiger partial charge in [-0.3, -0.25) is 4.79 Å². The van der Waals surface area contributed by atoms with Crippen LogP contribution in [0.4, 0.5) is 5.69 Å². The standard InChI is InChI=1S/C21H20N2O5S2/c24-21(23-16-7-8-19-20(13-16)28-10-3-9-27-19)15-4-1-6-18(12-15)30(25,26)22-14-17-5-2-11-29-17/h1-2,4-8,11-13,22H,3,9-10,14H2,(H,23,24). The van der Waals surface area contributed by atoms with Gasteiger partial charge in [0.15, 0.2) is 11.5 Å². The topological polar surface area (TPSA) is 93.7 Å². The number of anilines is 1. The number of thiophene rings is 1. The minimum absolute atomic E-state index is 0.0327. The zero-order valence-corrected chi connectivity index (χ0v) is 17.6. The Hall–Kier alpha value is -2.88. The van der Waals surface area contributed by atoms with Crippen molar-refractivity contribution in [2.75, 3.05) is 18.5 Å². The molecule has 2 aromatic carbocycles. The Morgan fingerprint density at radius 2 is 1.83 bits per heavy atom. The molecule has 0 spiro atoms. The fourth-order valence-electron chi connectivity index (χ4n) is 2.91. The Bertz CT molecular complexity index is 1140. The zero-order valence-electron chi connectivity index (χ0n) is 16.0. The maximum atomic E-state index is 12.7. The second kappa shape index (κ2) is 8.86. The van der Waals surface area contributed by atoms with E-state index in [9.17, 15) is 13.2 Å². The van der Waals surface area contributed by atoms with E-state index in [1.807, 2.05) is 17.5 Å². The van der Waals surface area contributed by atoms with E-state index in [0.717, 1.165) is 11.3 Å². The molecule has 0 atom stereocenters. The molecule has 1 aliphatic heterocycles. The minimum atomic E-state index is -3.74. The monoisotopic (exact) mass is 444 g/mol. The predicted octanol–water partition coefficient (Wildman–Crippen LogP) is 3.64. The second-order valence-corrected chi connectivity index (χ2v) is 9.40. The molecule has 1 aromatic heterocycles. The minimum Gasteiger partial charge on any atom is -0.490 e. The zero-order chi connectivity index (χ0) is 21.0. The lowest BCUT2D eigenvalue weighted by molar-refractivity contribution is 0.102. The van der Waals surface area contributed by atoms with Crippen molar-refractivity contribution in [3.63, 3.8) is 0 Å². The fraction of sp³-hybridized carbons (Fsp3) is 0.190. The Kier molecular flexibility index (Phi) is 6.03. The molecule has 0 unspecified atom stereocenters. The summed E-state index contributed by atoms with van der Waals surface area (Å²) < 4.78 is 38.9. The first-order valence-corrected chi connectivity index (χ1v) is 11.7. The van der Waals surface area contributed by atoms with Crippen molar-refractivity contribution >= 4 is 33.0 Å². The molecular weight excluding hydrogens is 424 g/mol. The van der Waals surface area contributed by atoms with Crippen LogP contribution in [0, 0.1) is 0 Å². The van der Waals surface area contributed by atoms with Gasteiger partial charge in [0.2, 0.25) is 10.0 Å². The highest BCUT2D eigenvalue weighted by molar-refractivity contribution is 7.89. The molecule has 2 N–H and O–H groups in total. The largest absolute Gasteiger partial charge is 0.490 e. The third-order valence-electron chi connectivity index (χ3n) is 4.43. The number of benzene rings is 2. The number of amides is 1. The summed E-state index contributed by atoms with van der Waals surface area (Å²) in [6.07, 6.45) is 0.790. The van der Waals surface area contributed by atoms with Gasteiger partial charge in [0, 0.05) is 35.2 Å². The smallest absolute Gasteiger partial charge is 0.255 e. The molecule has 3 aromatic rings. The lowest BCUT2D eigenvalue weighted by Crippen LogP contribution is -2.23. The first-order chi connectivity index (χ1) is 14.5. The van der Waals surface area contributed by atoms with Crippen LogP contribution in [0.1, 0.15) is 21.7 Å². The van der Waals surface area contributed by atoms with Crippen LogP contribution in [0.15, 0.2) is 64.9 Å². The predicted molar refractivity (Wildman–Crippen MR) is 115 cm³/mol. The highest BCUT2D eigenvalue weighted by Gasteiger charge is 2.17. The molecule has 1 amide bonds. The summed E-state index contributed by atoms with van der Waals surface area (Å²) in [6.45, 7) is 1.33. The number of fused-ring (bicyclic) bond motifs is 1. The van der Waals surface area contributed by atoms with E-state index < -0.39 is 15.9 Å². The van der Waals surface area contributed by atoms with Gasteiger partial charge < -0.3 is 14.8 Å². The molecule has 2 heterocycles. The molecule has 0 saturated heterocycles. The SMILES string of the molecule is O=C(Nc1ccc2c(c1)OCCCO2)c1cccc(S(=O)(=O)NCc2cccs2)c1. The second-order valence-electron chi connectivity index (χ2n) is 6.60. The molecule has 0 fully saturated rings. The van der Waals surface area contributed by atoms with E-state index in [0.29, 0.717) is 30.4 Å². The van der Waals surface area contributed by atoms with Gasteiger partial charge >= 0.3 is 0 Å². The maximum absolute atomic E-state index is 12.7. The van der Waals surface area contributed by atoms with Crippen molar-refractivity contribution in [3.8, 4) is 11.5 Å². The number of hydrogen-bond donors (Lipinski definition) is 2. The summed E-state index contributed by atoms with van der Waals surface area (Å²) in [5, 5.41) is 4.66. The number of carbonyl (C=O) groups is 1. The van der Waals surface area contributed by atoms with Gasteiger partial charge in [0.05, 0.1) is 18.1 Å². The van der Waals surface area contributed by atoms with Crippen LogP contribution in [0.25, 0.3) is 0 Å². The first-order valence-electron chi connectivity index (χ1n) is 9.34. The van der Waals surface area contributed by atoms with Gasteiger partial charge in [0.25, 0.3) is 5.91 Å². The highest BCUT2D eigenvalue weighted by Crippen LogP contribution is 2.32. The first kappa shape index (κ1) is 20.4. The van der Waals surface area contributed by atoms with E-state index in [-0.39, 0.29) is 17.0 Å². The van der Waals surface area contributed by atoms with Gasteiger partial charge in [-0.15, -0.1) is 11.3 Å². The highest BCUT2D eigenvalue weighted by atomic mass is 32.2. The lowest BCUT2D eigenvalue weighted by atomic mass is 10.2. The summed E-state index contributed by atoms with van der Waals surface area (Å²) in [7, 11) is -3.74. The average Bonchev–Trinajstić information content (AvgIpc) is 3.17. The lowest BCUT2D eigenvalue weighted by Gasteiger charge is -2.11. The molecule has 30 heavy (non-hydrogen) atoms. The van der Waals surface area contributed by atoms with E-state index in [1.165, 1.54) is 23.5 Å². The van der Waals surface area contributed by atoms with Gasteiger partial charge in [0.1, 0.15) is 0 Å². The van der Waals surface area contributed by atoms with Crippen molar-refractivity contribution in [2.24, 2.45) is 0 Å². The maximum Gasteiger partial charge on any atom is 0.255 e. The van der Waals surface area contributed by atoms with Crippen LogP contribution in [-0.2, 0) is 16.6 Å². The van der Waals surface area contributed by atoms with Crippen molar-refractivity contribution in [1.82, 2.24) is 4.72 Å². The summed E-state index contributed by atoms with van der Waals surface area (Å²) in [6, 6.07) is 14.8. The molecule has 0 bridgehead atoms. The van der Waals surface area contributed by atoms with Gasteiger partial charge in [-0.25, -0.2) is 13.1 Å². The normalized spacial score (nSPS) is 13.5. The molecule has 0 radical (unpaired) electrons. The Morgan fingerprint density at radius 3 is 2.63 bits per heavy atom. The number of carbonyl (C=O) groups excluding carboxylic acids is 1. The molecule has 156 valence electrons. The molecule has 9 heteroatoms. The number of rotatable bonds is 6. The van der Waals surface area contributed by atoms with E-state index in [4.69, 9.17) is 9.47 Å². The van der Waals surface area contributed by atoms with E-state index in [1.54, 1.807) is 30.3 Å². The number of hydrogen-bond acceptors (Lipinski definition) is 6. The van der Waals surface area contributed by atoms with Crippen LogP contribution in [-0.4, -0.2) is 27.5 Å². The van der Waals surface area contributed by atoms with Crippen LogP contribution >= 0.6 is 11.3 Å². The van der Waals surface area contributed by atoms with Crippen LogP contribution in [0.3, 0.4) is 0 Å². The van der Waals surface area contributed by atoms with E-state index >= 15 is 0 Å². The molecule has 7 nitrogen and oxygen atoms in total. The van der Waals surface area contributed by atoms with Crippen molar-refractivity contribution in [3.05, 3.63) is 70.4 Å². The van der Waals surface area contributed by atoms with Crippen molar-refractivity contribution in [1.29, 1.82) is 0 Å². The Morgan fingerprint density at radius 1 is 1.00 bits per heavy atom. The number of sulfonamides is 1. The number of ether oxygens (including phenoxy) is 2. The molecule has 4 rings (SSSR count). The van der Waals surface area contributed by atoms with Gasteiger partial charge in [-0.1, -0.05) is 12.1 Å². The molecule has 1 aliphatic rings. The number of nitrogens with one attached hydrogen (secondary N) is 2. The fourth-order valence-corrected chi connectivity index (χ4v) is 4.70. The summed E-state index contributed by atoms with van der Waals surface area (Å²) in [4.78, 5) is 13.6. The van der Waals surface area contributed by atoms with Gasteiger partial charge in [-0.2, -0.15) is 0 Å². The summed E-state index contributed by atoms with van der Waals surface area (Å²) in [5.41, 5.74) is 0.773. The third-order valence-corrected chi connectivity index (χ3v) is 6.70. The Labute approximate surface area is 178 Å². The van der Waals surface area contributed by atoms with Crippen LogP contribution in [0.5, 0.6) is 11.5 Å². The average molecular weight is 445 g/mol. The molecule has 0 saturated carbocycles. The van der Waals surface area contributed by atoms with Gasteiger partial charge in [-0.05, 0) is 41.8 Å². The summed E-state index contributed by atoms with van der Waals surface area (Å²) >= 11 is 1.47. The van der Waals surface area contributed by atoms with Crippen molar-refractivity contribution < 1.29 is 22.7 Å². The quantitative estimate of drug-likeness (QED) is 0.605. The third kappa shape index (κ3) is 4.81. The molecular formula is C21H20N2O5S2. The van der Waals surface area contributed by atoms with E-state index in [2.05, 4.69) is 10.0 Å².